The van der Waals surface area contributed by atoms with Crippen LogP contribution in [0.25, 0.3) is 0 Å². The van der Waals surface area contributed by atoms with Gasteiger partial charge in [0, 0.05) is 17.0 Å². The molecule has 0 radical (unpaired) electrons. The summed E-state index contributed by atoms with van der Waals surface area (Å²) >= 11 is 0. The smallest absolute Gasteiger partial charge is 0.406 e. The molecule has 0 saturated carbocycles. The van der Waals surface area contributed by atoms with E-state index in [1.807, 2.05) is 0 Å². The lowest BCUT2D eigenvalue weighted by Gasteiger charge is -2.11. The number of benzene rings is 1. The molecule has 1 aromatic carbocycles. The SMILES string of the molecule is CC(=N)c1cc(OC(F)(F)F)ccc1N. The maximum atomic E-state index is 11.9. The van der Waals surface area contributed by atoms with Gasteiger partial charge >= 0.3 is 6.36 Å². The number of ether oxygens (including phenoxy) is 1. The molecule has 1 aromatic rings. The largest absolute Gasteiger partial charge is 0.573 e. The van der Waals surface area contributed by atoms with Gasteiger partial charge < -0.3 is 15.9 Å². The summed E-state index contributed by atoms with van der Waals surface area (Å²) in [5.74, 6) is -0.377. The second kappa shape index (κ2) is 3.80. The Kier molecular flexibility index (Phi) is 2.88. The van der Waals surface area contributed by atoms with Crippen molar-refractivity contribution in [3.05, 3.63) is 23.8 Å². The summed E-state index contributed by atoms with van der Waals surface area (Å²) in [6.07, 6.45) is -4.73. The van der Waals surface area contributed by atoms with E-state index in [1.165, 1.54) is 13.0 Å². The van der Waals surface area contributed by atoms with Crippen LogP contribution in [0.5, 0.6) is 5.75 Å². The van der Waals surface area contributed by atoms with Gasteiger partial charge in [-0.05, 0) is 25.1 Å². The monoisotopic (exact) mass is 218 g/mol. The molecule has 0 aliphatic heterocycles. The Balaban J connectivity index is 3.03. The van der Waals surface area contributed by atoms with Crippen molar-refractivity contribution in [1.82, 2.24) is 0 Å². The average molecular weight is 218 g/mol. The third kappa shape index (κ3) is 3.16. The van der Waals surface area contributed by atoms with E-state index in [0.717, 1.165) is 12.1 Å². The lowest BCUT2D eigenvalue weighted by molar-refractivity contribution is -0.274. The average Bonchev–Trinajstić information content (AvgIpc) is 2.05. The van der Waals surface area contributed by atoms with Gasteiger partial charge in [-0.15, -0.1) is 13.2 Å². The molecule has 3 nitrogen and oxygen atoms in total. The van der Waals surface area contributed by atoms with Crippen LogP contribution in [0.3, 0.4) is 0 Å². The van der Waals surface area contributed by atoms with E-state index in [2.05, 4.69) is 4.74 Å². The van der Waals surface area contributed by atoms with Crippen LogP contribution in [0.1, 0.15) is 12.5 Å². The summed E-state index contributed by atoms with van der Waals surface area (Å²) in [5, 5.41) is 7.29. The first-order valence-corrected chi connectivity index (χ1v) is 4.00. The quantitative estimate of drug-likeness (QED) is 0.592. The van der Waals surface area contributed by atoms with Crippen molar-refractivity contribution in [3.63, 3.8) is 0 Å². The van der Waals surface area contributed by atoms with E-state index in [0.29, 0.717) is 0 Å². The number of halogens is 3. The van der Waals surface area contributed by atoms with Crippen LogP contribution in [0.4, 0.5) is 18.9 Å². The highest BCUT2D eigenvalue weighted by molar-refractivity contribution is 6.01. The molecule has 0 saturated heterocycles. The van der Waals surface area contributed by atoms with Crippen molar-refractivity contribution in [3.8, 4) is 5.75 Å². The molecular formula is C9H9F3N2O. The second-order valence-electron chi connectivity index (χ2n) is 2.92. The fourth-order valence-corrected chi connectivity index (χ4v) is 1.06. The highest BCUT2D eigenvalue weighted by Gasteiger charge is 2.31. The van der Waals surface area contributed by atoms with Gasteiger partial charge in [0.05, 0.1) is 0 Å². The Morgan fingerprint density at radius 1 is 1.40 bits per heavy atom. The molecule has 0 aromatic heterocycles. The number of nitrogens with two attached hydrogens (primary N) is 1. The van der Waals surface area contributed by atoms with Crippen molar-refractivity contribution in [2.45, 2.75) is 13.3 Å². The first-order valence-electron chi connectivity index (χ1n) is 4.00. The van der Waals surface area contributed by atoms with Crippen molar-refractivity contribution in [1.29, 1.82) is 5.41 Å². The maximum Gasteiger partial charge on any atom is 0.573 e. The fourth-order valence-electron chi connectivity index (χ4n) is 1.06. The third-order valence-corrected chi connectivity index (χ3v) is 1.66. The molecule has 0 atom stereocenters. The minimum atomic E-state index is -4.73. The molecule has 1 rings (SSSR count). The molecule has 3 N–H and O–H groups in total. The molecule has 0 aliphatic rings. The molecule has 0 amide bonds. The predicted octanol–water partition coefficient (Wildman–Crippen LogP) is 2.56. The van der Waals surface area contributed by atoms with Gasteiger partial charge in [-0.1, -0.05) is 0 Å². The van der Waals surface area contributed by atoms with E-state index in [4.69, 9.17) is 11.1 Å². The molecule has 6 heteroatoms. The molecule has 82 valence electrons. The summed E-state index contributed by atoms with van der Waals surface area (Å²) in [5.41, 5.74) is 6.04. The van der Waals surface area contributed by atoms with E-state index >= 15 is 0 Å². The molecule has 0 aliphatic carbocycles. The van der Waals surface area contributed by atoms with Gasteiger partial charge in [-0.2, -0.15) is 0 Å². The lowest BCUT2D eigenvalue weighted by Crippen LogP contribution is -2.17. The van der Waals surface area contributed by atoms with Crippen LogP contribution in [-0.4, -0.2) is 12.1 Å². The Bertz CT molecular complexity index is 387. The standard InChI is InChI=1S/C9H9F3N2O/c1-5(13)7-4-6(2-3-8(7)14)15-9(10,11)12/h2-4,13H,14H2,1H3. The van der Waals surface area contributed by atoms with Gasteiger partial charge in [-0.3, -0.25) is 0 Å². The van der Waals surface area contributed by atoms with E-state index in [9.17, 15) is 13.2 Å². The molecule has 0 heterocycles. The van der Waals surface area contributed by atoms with Crippen molar-refractivity contribution in [2.24, 2.45) is 0 Å². The van der Waals surface area contributed by atoms with Gasteiger partial charge in [0.15, 0.2) is 0 Å². The van der Waals surface area contributed by atoms with E-state index < -0.39 is 6.36 Å². The molecule has 0 unspecified atom stereocenters. The number of nitrogens with one attached hydrogen (secondary N) is 1. The first-order chi connectivity index (χ1) is 6.79. The number of hydrogen-bond acceptors (Lipinski definition) is 3. The van der Waals surface area contributed by atoms with Gasteiger partial charge in [0.2, 0.25) is 0 Å². The van der Waals surface area contributed by atoms with Gasteiger partial charge in [0.1, 0.15) is 5.75 Å². The minimum absolute atomic E-state index is 0.0834. The second-order valence-corrected chi connectivity index (χ2v) is 2.92. The summed E-state index contributed by atoms with van der Waals surface area (Å²) in [7, 11) is 0. The van der Waals surface area contributed by atoms with Crippen LogP contribution in [-0.2, 0) is 0 Å². The fraction of sp³-hybridized carbons (Fsp3) is 0.222. The topological polar surface area (TPSA) is 59.1 Å². The molecule has 15 heavy (non-hydrogen) atoms. The maximum absolute atomic E-state index is 11.9. The molecule has 0 spiro atoms. The van der Waals surface area contributed by atoms with Crippen molar-refractivity contribution < 1.29 is 17.9 Å². The zero-order valence-corrected chi connectivity index (χ0v) is 7.85. The lowest BCUT2D eigenvalue weighted by atomic mass is 10.1. The van der Waals surface area contributed by atoms with E-state index in [1.54, 1.807) is 0 Å². The highest BCUT2D eigenvalue weighted by atomic mass is 19.4. The molecule has 0 bridgehead atoms. The zero-order valence-electron chi connectivity index (χ0n) is 7.85. The first kappa shape index (κ1) is 11.4. The van der Waals surface area contributed by atoms with Crippen LogP contribution in [0.2, 0.25) is 0 Å². The predicted molar refractivity (Wildman–Crippen MR) is 50.0 cm³/mol. The number of rotatable bonds is 2. The summed E-state index contributed by atoms with van der Waals surface area (Å²) in [4.78, 5) is 0. The van der Waals surface area contributed by atoms with Crippen LogP contribution in [0.15, 0.2) is 18.2 Å². The Morgan fingerprint density at radius 2 is 2.00 bits per heavy atom. The van der Waals surface area contributed by atoms with Gasteiger partial charge in [0.25, 0.3) is 0 Å². The van der Waals surface area contributed by atoms with Gasteiger partial charge in [-0.25, -0.2) is 0 Å². The molecule has 0 fully saturated rings. The minimum Gasteiger partial charge on any atom is -0.406 e. The number of alkyl halides is 3. The number of anilines is 1. The third-order valence-electron chi connectivity index (χ3n) is 1.66. The van der Waals surface area contributed by atoms with E-state index in [-0.39, 0.29) is 22.7 Å². The molecular weight excluding hydrogens is 209 g/mol. The normalized spacial score (nSPS) is 11.2. The van der Waals surface area contributed by atoms with Crippen molar-refractivity contribution >= 4 is 11.4 Å². The number of nitrogen functional groups attached to an aromatic ring is 1. The summed E-state index contributed by atoms with van der Waals surface area (Å²) < 4.78 is 39.3. The van der Waals surface area contributed by atoms with Crippen molar-refractivity contribution in [2.75, 3.05) is 5.73 Å². The Morgan fingerprint density at radius 3 is 2.47 bits per heavy atom. The van der Waals surface area contributed by atoms with Crippen LogP contribution >= 0.6 is 0 Å². The summed E-state index contributed by atoms with van der Waals surface area (Å²) in [6, 6.07) is 3.47. The summed E-state index contributed by atoms with van der Waals surface area (Å²) in [6.45, 7) is 1.43. The Hall–Kier alpha value is -1.72. The highest BCUT2D eigenvalue weighted by Crippen LogP contribution is 2.26. The Labute approximate surface area is 84.2 Å². The van der Waals surface area contributed by atoms with Crippen LogP contribution in [0, 0.1) is 5.41 Å². The van der Waals surface area contributed by atoms with Crippen LogP contribution < -0.4 is 10.5 Å². The number of hydrogen-bond donors (Lipinski definition) is 2. The zero-order chi connectivity index (χ0) is 11.6.